The SMILES string of the molecule is Cc1c(Oc2ccnc(-c3ccnc(N4CCN(C)CC4)c3)c2)cccc1C(=O)NCc1cc(F)cc(F)c1. The smallest absolute Gasteiger partial charge is 0.251 e. The van der Waals surface area contributed by atoms with E-state index >= 15 is 0 Å². The molecule has 0 atom stereocenters. The third kappa shape index (κ3) is 6.38. The predicted molar refractivity (Wildman–Crippen MR) is 146 cm³/mol. The Kier molecular flexibility index (Phi) is 7.79. The zero-order valence-corrected chi connectivity index (χ0v) is 21.8. The van der Waals surface area contributed by atoms with Crippen LogP contribution in [-0.4, -0.2) is 54.0 Å². The van der Waals surface area contributed by atoms with Crippen LogP contribution in [0.1, 0.15) is 21.5 Å². The summed E-state index contributed by atoms with van der Waals surface area (Å²) in [5.74, 6) is 0.267. The Morgan fingerprint density at radius 3 is 2.46 bits per heavy atom. The van der Waals surface area contributed by atoms with Gasteiger partial charge in [0.2, 0.25) is 0 Å². The Morgan fingerprint density at radius 1 is 0.949 bits per heavy atom. The molecule has 1 aliphatic rings. The fraction of sp³-hybridized carbons (Fsp3) is 0.233. The predicted octanol–water partition coefficient (Wildman–Crippen LogP) is 5.20. The van der Waals surface area contributed by atoms with Crippen LogP contribution >= 0.6 is 0 Å². The number of pyridine rings is 2. The second-order valence-corrected chi connectivity index (χ2v) is 9.56. The lowest BCUT2D eigenvalue weighted by atomic mass is 10.1. The van der Waals surface area contributed by atoms with Gasteiger partial charge in [0.15, 0.2) is 0 Å². The summed E-state index contributed by atoms with van der Waals surface area (Å²) in [6, 6.07) is 15.9. The molecular formula is C30H29F2N5O2. The molecule has 0 bridgehead atoms. The molecule has 0 saturated carbocycles. The summed E-state index contributed by atoms with van der Waals surface area (Å²) >= 11 is 0. The maximum atomic E-state index is 13.5. The Balaban J connectivity index is 1.30. The second-order valence-electron chi connectivity index (χ2n) is 9.56. The number of carbonyl (C=O) groups excluding carboxylic acids is 1. The molecule has 5 rings (SSSR count). The van der Waals surface area contributed by atoms with Crippen LogP contribution in [-0.2, 0) is 6.54 Å². The summed E-state index contributed by atoms with van der Waals surface area (Å²) in [4.78, 5) is 26.5. The van der Waals surface area contributed by atoms with Crippen molar-refractivity contribution in [2.24, 2.45) is 0 Å². The highest BCUT2D eigenvalue weighted by Crippen LogP contribution is 2.30. The number of rotatable bonds is 7. The molecule has 1 N–H and O–H groups in total. The van der Waals surface area contributed by atoms with Crippen LogP contribution in [0.4, 0.5) is 14.6 Å². The minimum atomic E-state index is -0.690. The van der Waals surface area contributed by atoms with E-state index in [2.05, 4.69) is 32.1 Å². The van der Waals surface area contributed by atoms with Crippen LogP contribution in [0.15, 0.2) is 73.1 Å². The molecule has 0 spiro atoms. The van der Waals surface area contributed by atoms with Gasteiger partial charge in [0.25, 0.3) is 5.91 Å². The normalized spacial score (nSPS) is 13.8. The molecule has 7 nitrogen and oxygen atoms in total. The highest BCUT2D eigenvalue weighted by atomic mass is 19.1. The van der Waals surface area contributed by atoms with E-state index in [9.17, 15) is 13.6 Å². The van der Waals surface area contributed by atoms with Gasteiger partial charge in [-0.25, -0.2) is 13.8 Å². The minimum absolute atomic E-state index is 0.00615. The lowest BCUT2D eigenvalue weighted by Gasteiger charge is -2.33. The summed E-state index contributed by atoms with van der Waals surface area (Å²) in [5, 5.41) is 2.72. The molecule has 0 radical (unpaired) electrons. The van der Waals surface area contributed by atoms with Gasteiger partial charge in [0.05, 0.1) is 5.69 Å². The second kappa shape index (κ2) is 11.6. The van der Waals surface area contributed by atoms with Gasteiger partial charge in [-0.05, 0) is 62.0 Å². The highest BCUT2D eigenvalue weighted by molar-refractivity contribution is 5.96. The standard InChI is InChI=1S/C30H29F2N5O2/c1-20-26(30(38)35-19-21-14-23(31)17-24(32)15-21)4-3-5-28(20)39-25-7-9-33-27(18-25)22-6-8-34-29(16-22)37-12-10-36(2)11-13-37/h3-9,14-18H,10-13,19H2,1-2H3,(H,35,38). The molecule has 0 aliphatic carbocycles. The number of likely N-dealkylation sites (N-methyl/N-ethyl adjacent to an activating group) is 1. The Morgan fingerprint density at radius 2 is 1.69 bits per heavy atom. The van der Waals surface area contributed by atoms with Gasteiger partial charge in [0.1, 0.15) is 29.0 Å². The number of halogens is 2. The third-order valence-electron chi connectivity index (χ3n) is 6.73. The van der Waals surface area contributed by atoms with Crippen molar-refractivity contribution in [2.75, 3.05) is 38.1 Å². The molecule has 0 unspecified atom stereocenters. The maximum Gasteiger partial charge on any atom is 0.251 e. The molecule has 1 amide bonds. The average Bonchev–Trinajstić information content (AvgIpc) is 2.93. The van der Waals surface area contributed by atoms with Gasteiger partial charge in [-0.2, -0.15) is 0 Å². The summed E-state index contributed by atoms with van der Waals surface area (Å²) in [5.41, 5.74) is 3.06. The number of aromatic nitrogens is 2. The van der Waals surface area contributed by atoms with E-state index in [1.807, 2.05) is 18.2 Å². The molecular weight excluding hydrogens is 500 g/mol. The van der Waals surface area contributed by atoms with Crippen LogP contribution in [0.3, 0.4) is 0 Å². The van der Waals surface area contributed by atoms with Gasteiger partial charge in [0, 0.05) is 73.9 Å². The largest absolute Gasteiger partial charge is 0.457 e. The van der Waals surface area contributed by atoms with Crippen molar-refractivity contribution in [1.82, 2.24) is 20.2 Å². The number of hydrogen-bond acceptors (Lipinski definition) is 6. The molecule has 4 aromatic rings. The molecule has 39 heavy (non-hydrogen) atoms. The van der Waals surface area contributed by atoms with Crippen LogP contribution in [0.25, 0.3) is 11.3 Å². The number of hydrogen-bond donors (Lipinski definition) is 1. The lowest BCUT2D eigenvalue weighted by molar-refractivity contribution is 0.0949. The van der Waals surface area contributed by atoms with E-state index < -0.39 is 11.6 Å². The van der Waals surface area contributed by atoms with Crippen molar-refractivity contribution < 1.29 is 18.3 Å². The van der Waals surface area contributed by atoms with Gasteiger partial charge < -0.3 is 19.9 Å². The first kappa shape index (κ1) is 26.2. The summed E-state index contributed by atoms with van der Waals surface area (Å²) in [6.07, 6.45) is 3.48. The van der Waals surface area contributed by atoms with Crippen LogP contribution in [0.2, 0.25) is 0 Å². The number of nitrogens with zero attached hydrogens (tertiary/aromatic N) is 4. The third-order valence-corrected chi connectivity index (χ3v) is 6.73. The van der Waals surface area contributed by atoms with Gasteiger partial charge >= 0.3 is 0 Å². The number of piperazine rings is 1. The van der Waals surface area contributed by atoms with Crippen LogP contribution in [0, 0.1) is 18.6 Å². The molecule has 1 fully saturated rings. The Labute approximate surface area is 226 Å². The first-order valence-electron chi connectivity index (χ1n) is 12.7. The van der Waals surface area contributed by atoms with E-state index in [1.165, 1.54) is 12.1 Å². The molecule has 2 aromatic carbocycles. The van der Waals surface area contributed by atoms with E-state index in [4.69, 9.17) is 4.74 Å². The summed E-state index contributed by atoms with van der Waals surface area (Å²) in [6.45, 7) is 5.62. The molecule has 2 aromatic heterocycles. The van der Waals surface area contributed by atoms with E-state index in [-0.39, 0.29) is 12.5 Å². The van der Waals surface area contributed by atoms with Gasteiger partial charge in [-0.15, -0.1) is 0 Å². The number of nitrogens with one attached hydrogen (secondary N) is 1. The summed E-state index contributed by atoms with van der Waals surface area (Å²) < 4.78 is 33.1. The van der Waals surface area contributed by atoms with Crippen molar-refractivity contribution >= 4 is 11.7 Å². The van der Waals surface area contributed by atoms with Crippen LogP contribution in [0.5, 0.6) is 11.5 Å². The molecule has 200 valence electrons. The van der Waals surface area contributed by atoms with E-state index in [1.54, 1.807) is 43.6 Å². The number of ether oxygens (including phenoxy) is 1. The summed E-state index contributed by atoms with van der Waals surface area (Å²) in [7, 11) is 2.12. The monoisotopic (exact) mass is 529 g/mol. The minimum Gasteiger partial charge on any atom is -0.457 e. The molecule has 1 aliphatic heterocycles. The van der Waals surface area contributed by atoms with Crippen molar-refractivity contribution in [1.29, 1.82) is 0 Å². The fourth-order valence-electron chi connectivity index (χ4n) is 4.51. The maximum absolute atomic E-state index is 13.5. The zero-order chi connectivity index (χ0) is 27.4. The zero-order valence-electron chi connectivity index (χ0n) is 21.8. The van der Waals surface area contributed by atoms with Gasteiger partial charge in [-0.3, -0.25) is 9.78 Å². The fourth-order valence-corrected chi connectivity index (χ4v) is 4.51. The van der Waals surface area contributed by atoms with Crippen molar-refractivity contribution in [3.05, 3.63) is 101 Å². The quantitative estimate of drug-likeness (QED) is 0.355. The number of benzene rings is 2. The van der Waals surface area contributed by atoms with Crippen molar-refractivity contribution in [2.45, 2.75) is 13.5 Å². The molecule has 3 heterocycles. The topological polar surface area (TPSA) is 70.6 Å². The van der Waals surface area contributed by atoms with Crippen molar-refractivity contribution in [3.8, 4) is 22.8 Å². The number of anilines is 1. The molecule has 9 heteroatoms. The average molecular weight is 530 g/mol. The van der Waals surface area contributed by atoms with E-state index in [0.29, 0.717) is 28.2 Å². The molecule has 1 saturated heterocycles. The lowest BCUT2D eigenvalue weighted by Crippen LogP contribution is -2.44. The van der Waals surface area contributed by atoms with Gasteiger partial charge in [-0.1, -0.05) is 6.07 Å². The van der Waals surface area contributed by atoms with E-state index in [0.717, 1.165) is 49.3 Å². The Bertz CT molecular complexity index is 1470. The Hall–Kier alpha value is -4.37. The number of amides is 1. The first-order chi connectivity index (χ1) is 18.9. The first-order valence-corrected chi connectivity index (χ1v) is 12.7. The number of carbonyl (C=O) groups is 1. The highest BCUT2D eigenvalue weighted by Gasteiger charge is 2.17. The van der Waals surface area contributed by atoms with Crippen molar-refractivity contribution in [3.63, 3.8) is 0 Å². The van der Waals surface area contributed by atoms with Crippen LogP contribution < -0.4 is 15.0 Å².